The molecule has 182 valence electrons. The third-order valence-electron chi connectivity index (χ3n) is 6.03. The van der Waals surface area contributed by atoms with Gasteiger partial charge in [0.2, 0.25) is 5.91 Å². The van der Waals surface area contributed by atoms with Gasteiger partial charge >= 0.3 is 12.1 Å². The highest BCUT2D eigenvalue weighted by Gasteiger charge is 2.28. The molecule has 0 fully saturated rings. The average Bonchev–Trinajstić information content (AvgIpc) is 3.13. The molecule has 0 aliphatic heterocycles. The fraction of sp³-hybridized carbons (Fsp3) is 0.423. The first-order chi connectivity index (χ1) is 16.4. The van der Waals surface area contributed by atoms with Crippen molar-refractivity contribution in [3.63, 3.8) is 0 Å². The summed E-state index contributed by atoms with van der Waals surface area (Å²) < 4.78 is 5.50. The van der Waals surface area contributed by atoms with Crippen LogP contribution in [0.5, 0.6) is 0 Å². The number of nitrogens with one attached hydrogen (secondary N) is 2. The number of rotatable bonds is 12. The van der Waals surface area contributed by atoms with Crippen molar-refractivity contribution in [2.45, 2.75) is 26.2 Å². The van der Waals surface area contributed by atoms with Gasteiger partial charge < -0.3 is 20.5 Å². The lowest BCUT2D eigenvalue weighted by atomic mass is 9.92. The molecular formula is C26H32N2O5S. The lowest BCUT2D eigenvalue weighted by molar-refractivity contribution is -0.138. The second kappa shape index (κ2) is 12.5. The smallest absolute Gasteiger partial charge is 0.407 e. The highest BCUT2D eigenvalue weighted by Crippen LogP contribution is 2.44. The zero-order valence-electron chi connectivity index (χ0n) is 19.6. The van der Waals surface area contributed by atoms with Crippen LogP contribution in [-0.2, 0) is 14.3 Å². The van der Waals surface area contributed by atoms with Crippen molar-refractivity contribution in [3.05, 3.63) is 59.7 Å². The molecule has 1 atom stereocenters. The van der Waals surface area contributed by atoms with Gasteiger partial charge in [-0.05, 0) is 34.1 Å². The van der Waals surface area contributed by atoms with E-state index in [2.05, 4.69) is 34.9 Å². The second-order valence-corrected chi connectivity index (χ2v) is 9.82. The van der Waals surface area contributed by atoms with Crippen LogP contribution in [0.25, 0.3) is 11.1 Å². The molecule has 34 heavy (non-hydrogen) atoms. The van der Waals surface area contributed by atoms with Gasteiger partial charge in [-0.1, -0.05) is 62.4 Å². The molecule has 1 aliphatic carbocycles. The number of thioether (sulfide) groups is 1. The number of hydrogen-bond acceptors (Lipinski definition) is 5. The zero-order chi connectivity index (χ0) is 24.5. The lowest BCUT2D eigenvalue weighted by Crippen LogP contribution is -2.34. The fourth-order valence-electron chi connectivity index (χ4n) is 4.10. The summed E-state index contributed by atoms with van der Waals surface area (Å²) in [6.07, 6.45) is -0.435. The Balaban J connectivity index is 1.34. The first kappa shape index (κ1) is 25.6. The van der Waals surface area contributed by atoms with E-state index in [1.807, 2.05) is 38.1 Å². The highest BCUT2D eigenvalue weighted by atomic mass is 32.2. The molecule has 0 radical (unpaired) electrons. The fourth-order valence-corrected chi connectivity index (χ4v) is 4.78. The molecule has 7 nitrogen and oxygen atoms in total. The number of fused-ring (bicyclic) bond motifs is 3. The molecule has 0 spiro atoms. The number of aliphatic carboxylic acids is 1. The maximum atomic E-state index is 12.2. The van der Waals surface area contributed by atoms with E-state index in [-0.39, 0.29) is 42.4 Å². The Labute approximate surface area is 204 Å². The predicted octanol–water partition coefficient (Wildman–Crippen LogP) is 4.12. The molecule has 2 aromatic carbocycles. The topological polar surface area (TPSA) is 105 Å². The number of hydrogen-bond donors (Lipinski definition) is 3. The van der Waals surface area contributed by atoms with Gasteiger partial charge in [0.1, 0.15) is 6.61 Å². The Morgan fingerprint density at radius 3 is 2.21 bits per heavy atom. The van der Waals surface area contributed by atoms with Gasteiger partial charge in [0.15, 0.2) is 0 Å². The number of benzene rings is 2. The van der Waals surface area contributed by atoms with Gasteiger partial charge in [-0.2, -0.15) is 11.8 Å². The van der Waals surface area contributed by atoms with Crippen LogP contribution in [0.15, 0.2) is 48.5 Å². The van der Waals surface area contributed by atoms with Gasteiger partial charge in [0.25, 0.3) is 0 Å². The third-order valence-corrected chi connectivity index (χ3v) is 6.99. The molecule has 2 aromatic rings. The van der Waals surface area contributed by atoms with E-state index in [4.69, 9.17) is 9.84 Å². The Hall–Kier alpha value is -3.00. The van der Waals surface area contributed by atoms with Crippen LogP contribution in [0.1, 0.15) is 37.3 Å². The number of carboxylic acids is 1. The quantitative estimate of drug-likeness (QED) is 0.392. The van der Waals surface area contributed by atoms with Crippen LogP contribution < -0.4 is 10.6 Å². The Morgan fingerprint density at radius 1 is 1.00 bits per heavy atom. The Morgan fingerprint density at radius 2 is 1.62 bits per heavy atom. The SMILES string of the molecule is CC(C)C(CNC(=O)CSCCNC(=O)OCC1c2ccccc2-c2ccccc21)CC(=O)O. The molecule has 0 bridgehead atoms. The maximum Gasteiger partial charge on any atom is 0.407 e. The third kappa shape index (κ3) is 7.00. The number of carbonyl (C=O) groups excluding carboxylic acids is 2. The van der Waals surface area contributed by atoms with Crippen molar-refractivity contribution in [3.8, 4) is 11.1 Å². The van der Waals surface area contributed by atoms with Crippen molar-refractivity contribution in [2.75, 3.05) is 31.2 Å². The maximum absolute atomic E-state index is 12.2. The van der Waals surface area contributed by atoms with E-state index >= 15 is 0 Å². The van der Waals surface area contributed by atoms with Crippen molar-refractivity contribution in [2.24, 2.45) is 11.8 Å². The van der Waals surface area contributed by atoms with Crippen LogP contribution in [0.3, 0.4) is 0 Å². The summed E-state index contributed by atoms with van der Waals surface area (Å²) in [7, 11) is 0. The standard InChI is InChI=1S/C26H32N2O5S/c1-17(2)18(13-25(30)31)14-28-24(29)16-34-12-11-27-26(32)33-15-23-21-9-5-3-7-19(21)20-8-4-6-10-22(20)23/h3-10,17-18,23H,11-16H2,1-2H3,(H,27,32)(H,28,29)(H,30,31). The van der Waals surface area contributed by atoms with Gasteiger partial charge in [-0.25, -0.2) is 4.79 Å². The van der Waals surface area contributed by atoms with Gasteiger partial charge in [0, 0.05) is 24.8 Å². The minimum absolute atomic E-state index is 0.0204. The molecule has 1 aliphatic rings. The number of carbonyl (C=O) groups is 3. The molecular weight excluding hydrogens is 452 g/mol. The highest BCUT2D eigenvalue weighted by molar-refractivity contribution is 7.99. The summed E-state index contributed by atoms with van der Waals surface area (Å²) >= 11 is 1.40. The minimum Gasteiger partial charge on any atom is -0.481 e. The molecule has 1 unspecified atom stereocenters. The van der Waals surface area contributed by atoms with E-state index < -0.39 is 12.1 Å². The number of ether oxygens (including phenoxy) is 1. The summed E-state index contributed by atoms with van der Waals surface area (Å²) in [4.78, 5) is 35.1. The molecule has 0 saturated carbocycles. The molecule has 0 aromatic heterocycles. The number of carboxylic acid groups (broad SMARTS) is 1. The largest absolute Gasteiger partial charge is 0.481 e. The van der Waals surface area contributed by atoms with Crippen molar-refractivity contribution in [1.82, 2.24) is 10.6 Å². The van der Waals surface area contributed by atoms with Crippen LogP contribution >= 0.6 is 11.8 Å². The zero-order valence-corrected chi connectivity index (χ0v) is 20.4. The summed E-state index contributed by atoms with van der Waals surface area (Å²) in [6.45, 7) is 4.90. The predicted molar refractivity (Wildman–Crippen MR) is 134 cm³/mol. The molecule has 2 amide bonds. The van der Waals surface area contributed by atoms with E-state index in [0.29, 0.717) is 18.8 Å². The van der Waals surface area contributed by atoms with Crippen LogP contribution in [0.2, 0.25) is 0 Å². The van der Waals surface area contributed by atoms with Crippen molar-refractivity contribution < 1.29 is 24.2 Å². The molecule has 3 N–H and O–H groups in total. The summed E-state index contributed by atoms with van der Waals surface area (Å²) in [5.41, 5.74) is 4.70. The molecule has 3 rings (SSSR count). The van der Waals surface area contributed by atoms with E-state index in [9.17, 15) is 14.4 Å². The normalized spacial score (nSPS) is 13.1. The van der Waals surface area contributed by atoms with Crippen LogP contribution in [0.4, 0.5) is 4.79 Å². The first-order valence-electron chi connectivity index (χ1n) is 11.5. The summed E-state index contributed by atoms with van der Waals surface area (Å²) in [5, 5.41) is 14.5. The number of amides is 2. The van der Waals surface area contributed by atoms with Crippen LogP contribution in [-0.4, -0.2) is 54.3 Å². The Bertz CT molecular complexity index is 965. The minimum atomic E-state index is -0.860. The molecule has 0 heterocycles. The summed E-state index contributed by atoms with van der Waals surface area (Å²) in [6, 6.07) is 16.4. The van der Waals surface area contributed by atoms with Crippen molar-refractivity contribution >= 4 is 29.7 Å². The molecule has 0 saturated heterocycles. The van der Waals surface area contributed by atoms with Gasteiger partial charge in [0.05, 0.1) is 12.2 Å². The number of alkyl carbamates (subject to hydrolysis) is 1. The first-order valence-corrected chi connectivity index (χ1v) is 12.7. The van der Waals surface area contributed by atoms with E-state index in [0.717, 1.165) is 0 Å². The van der Waals surface area contributed by atoms with E-state index in [1.165, 1.54) is 34.0 Å². The van der Waals surface area contributed by atoms with E-state index in [1.54, 1.807) is 0 Å². The van der Waals surface area contributed by atoms with Crippen molar-refractivity contribution in [1.29, 1.82) is 0 Å². The monoisotopic (exact) mass is 484 g/mol. The Kier molecular flexibility index (Phi) is 9.39. The summed E-state index contributed by atoms with van der Waals surface area (Å²) in [5.74, 6) is -0.0760. The lowest BCUT2D eigenvalue weighted by Gasteiger charge is -2.19. The second-order valence-electron chi connectivity index (χ2n) is 8.71. The van der Waals surface area contributed by atoms with Gasteiger partial charge in [-0.15, -0.1) is 0 Å². The van der Waals surface area contributed by atoms with Crippen LogP contribution in [0, 0.1) is 11.8 Å². The molecule has 8 heteroatoms. The average molecular weight is 485 g/mol. The van der Waals surface area contributed by atoms with Gasteiger partial charge in [-0.3, -0.25) is 9.59 Å².